The maximum Gasteiger partial charge on any atom is 0.281 e. The number of hydrogen-bond acceptors (Lipinski definition) is 4. The first-order valence-electron chi connectivity index (χ1n) is 7.51. The van der Waals surface area contributed by atoms with Crippen molar-refractivity contribution in [3.63, 3.8) is 0 Å². The number of nitrogens with one attached hydrogen (secondary N) is 2. The average Bonchev–Trinajstić information content (AvgIpc) is 2.96. The van der Waals surface area contributed by atoms with Crippen LogP contribution >= 0.6 is 22.9 Å². The number of rotatable bonds is 4. The van der Waals surface area contributed by atoms with Crippen LogP contribution in [0, 0.1) is 6.92 Å². The molecule has 5 nitrogen and oxygen atoms in total. The van der Waals surface area contributed by atoms with E-state index < -0.39 is 11.8 Å². The van der Waals surface area contributed by atoms with E-state index in [0.29, 0.717) is 15.6 Å². The first-order valence-corrected chi connectivity index (χ1v) is 8.70. The Kier molecular flexibility index (Phi) is 5.21. The zero-order chi connectivity index (χ0) is 17.8. The van der Waals surface area contributed by atoms with Crippen LogP contribution in [0.3, 0.4) is 0 Å². The van der Waals surface area contributed by atoms with E-state index in [0.717, 1.165) is 15.6 Å². The van der Waals surface area contributed by atoms with Crippen molar-refractivity contribution in [3.05, 3.63) is 64.0 Å². The molecule has 0 bridgehead atoms. The van der Waals surface area contributed by atoms with E-state index in [4.69, 9.17) is 16.3 Å². The number of carbonyl (C=O) groups excluding carboxylic acids is 2. The fraction of sp³-hybridized carbons (Fsp3) is 0.111. The summed E-state index contributed by atoms with van der Waals surface area (Å²) < 4.78 is 6.33. The van der Waals surface area contributed by atoms with Crippen molar-refractivity contribution in [2.45, 2.75) is 6.92 Å². The van der Waals surface area contributed by atoms with Crippen molar-refractivity contribution >= 4 is 44.8 Å². The molecule has 0 aliphatic carbocycles. The summed E-state index contributed by atoms with van der Waals surface area (Å²) in [4.78, 5) is 24.4. The molecule has 2 N–H and O–H groups in total. The summed E-state index contributed by atoms with van der Waals surface area (Å²) in [5, 5.41) is 1.19. The Morgan fingerprint density at radius 1 is 1.08 bits per heavy atom. The number of hydrazine groups is 1. The lowest BCUT2D eigenvalue weighted by molar-refractivity contribution is -0.123. The summed E-state index contributed by atoms with van der Waals surface area (Å²) in [6, 6.07) is 14.8. The van der Waals surface area contributed by atoms with E-state index in [1.54, 1.807) is 6.07 Å². The van der Waals surface area contributed by atoms with Gasteiger partial charge in [0.05, 0.1) is 5.02 Å². The predicted octanol–water partition coefficient (Wildman–Crippen LogP) is 3.70. The summed E-state index contributed by atoms with van der Waals surface area (Å²) in [6.45, 7) is 1.68. The number of ether oxygens (including phenoxy) is 1. The standard InChI is InChI=1S/C18H15ClN2O3S/c1-11-6-2-4-8-13(11)24-10-15(22)20-21-18(23)17-16(19)12-7-3-5-9-14(12)25-17/h2-9H,10H2,1H3,(H,20,22)(H,21,23). The highest BCUT2D eigenvalue weighted by molar-refractivity contribution is 7.21. The second-order valence-corrected chi connectivity index (χ2v) is 6.73. The average molecular weight is 375 g/mol. The van der Waals surface area contributed by atoms with Crippen LogP contribution in [0.25, 0.3) is 10.1 Å². The van der Waals surface area contributed by atoms with Gasteiger partial charge < -0.3 is 4.74 Å². The number of carbonyl (C=O) groups is 2. The Labute approximate surface area is 153 Å². The fourth-order valence-corrected chi connectivity index (χ4v) is 3.65. The molecule has 1 heterocycles. The van der Waals surface area contributed by atoms with E-state index >= 15 is 0 Å². The number of hydrogen-bond donors (Lipinski definition) is 2. The topological polar surface area (TPSA) is 67.4 Å². The Hall–Kier alpha value is -2.57. The van der Waals surface area contributed by atoms with Crippen LogP contribution in [0.4, 0.5) is 0 Å². The van der Waals surface area contributed by atoms with Crippen molar-refractivity contribution in [2.75, 3.05) is 6.61 Å². The SMILES string of the molecule is Cc1ccccc1OCC(=O)NNC(=O)c1sc2ccccc2c1Cl. The highest BCUT2D eigenvalue weighted by Gasteiger charge is 2.17. The molecule has 7 heteroatoms. The molecule has 2 aromatic carbocycles. The van der Waals surface area contributed by atoms with Gasteiger partial charge in [-0.1, -0.05) is 48.0 Å². The van der Waals surface area contributed by atoms with Gasteiger partial charge in [-0.3, -0.25) is 20.4 Å². The third-order valence-corrected chi connectivity index (χ3v) is 5.18. The molecule has 0 radical (unpaired) electrons. The first kappa shape index (κ1) is 17.3. The van der Waals surface area contributed by atoms with Crippen LogP contribution < -0.4 is 15.6 Å². The van der Waals surface area contributed by atoms with E-state index in [-0.39, 0.29) is 6.61 Å². The summed E-state index contributed by atoms with van der Waals surface area (Å²) in [5.74, 6) is -0.305. The molecule has 3 rings (SSSR count). The minimum atomic E-state index is -0.464. The number of benzene rings is 2. The molecule has 3 aromatic rings. The number of aryl methyl sites for hydroxylation is 1. The predicted molar refractivity (Wildman–Crippen MR) is 99.1 cm³/mol. The largest absolute Gasteiger partial charge is 0.483 e. The van der Waals surface area contributed by atoms with Crippen LogP contribution in [0.1, 0.15) is 15.2 Å². The highest BCUT2D eigenvalue weighted by atomic mass is 35.5. The Balaban J connectivity index is 1.57. The normalized spacial score (nSPS) is 10.5. The lowest BCUT2D eigenvalue weighted by Gasteiger charge is -2.09. The van der Waals surface area contributed by atoms with Crippen molar-refractivity contribution in [1.29, 1.82) is 0 Å². The minimum absolute atomic E-state index is 0.203. The van der Waals surface area contributed by atoms with Gasteiger partial charge in [-0.05, 0) is 24.6 Å². The van der Waals surface area contributed by atoms with Crippen molar-refractivity contribution in [1.82, 2.24) is 10.9 Å². The van der Waals surface area contributed by atoms with E-state index in [1.807, 2.05) is 49.4 Å². The van der Waals surface area contributed by atoms with Gasteiger partial charge in [0, 0.05) is 10.1 Å². The van der Waals surface area contributed by atoms with Crippen LogP contribution in [0.15, 0.2) is 48.5 Å². The maximum absolute atomic E-state index is 12.2. The number of fused-ring (bicyclic) bond motifs is 1. The van der Waals surface area contributed by atoms with Gasteiger partial charge in [-0.2, -0.15) is 0 Å². The number of halogens is 1. The van der Waals surface area contributed by atoms with E-state index in [9.17, 15) is 9.59 Å². The van der Waals surface area contributed by atoms with Gasteiger partial charge in [-0.25, -0.2) is 0 Å². The first-order chi connectivity index (χ1) is 12.1. The van der Waals surface area contributed by atoms with Crippen molar-refractivity contribution in [2.24, 2.45) is 0 Å². The third kappa shape index (κ3) is 3.92. The van der Waals surface area contributed by atoms with Crippen molar-refractivity contribution < 1.29 is 14.3 Å². The molecule has 0 unspecified atom stereocenters. The molecule has 0 spiro atoms. The smallest absolute Gasteiger partial charge is 0.281 e. The minimum Gasteiger partial charge on any atom is -0.483 e. The van der Waals surface area contributed by atoms with Crippen LogP contribution in [0.5, 0.6) is 5.75 Å². The van der Waals surface area contributed by atoms with E-state index in [1.165, 1.54) is 11.3 Å². The third-order valence-electron chi connectivity index (χ3n) is 3.51. The van der Waals surface area contributed by atoms with Crippen LogP contribution in [-0.4, -0.2) is 18.4 Å². The summed E-state index contributed by atoms with van der Waals surface area (Å²) >= 11 is 7.51. The summed E-state index contributed by atoms with van der Waals surface area (Å²) in [6.07, 6.45) is 0. The van der Waals surface area contributed by atoms with Crippen LogP contribution in [-0.2, 0) is 4.79 Å². The number of amides is 2. The zero-order valence-corrected chi connectivity index (χ0v) is 14.9. The number of para-hydroxylation sites is 1. The quantitative estimate of drug-likeness (QED) is 0.684. The molecular formula is C18H15ClN2O3S. The van der Waals surface area contributed by atoms with Gasteiger partial charge in [0.2, 0.25) is 0 Å². The second-order valence-electron chi connectivity index (χ2n) is 5.30. The molecule has 0 aliphatic rings. The Bertz CT molecular complexity index is 939. The second kappa shape index (κ2) is 7.55. The van der Waals surface area contributed by atoms with Gasteiger partial charge in [0.15, 0.2) is 6.61 Å². The highest BCUT2D eigenvalue weighted by Crippen LogP contribution is 2.34. The van der Waals surface area contributed by atoms with Gasteiger partial charge in [0.25, 0.3) is 11.8 Å². The lowest BCUT2D eigenvalue weighted by atomic mass is 10.2. The molecule has 1 aromatic heterocycles. The lowest BCUT2D eigenvalue weighted by Crippen LogP contribution is -2.43. The molecule has 25 heavy (non-hydrogen) atoms. The van der Waals surface area contributed by atoms with Crippen LogP contribution in [0.2, 0.25) is 5.02 Å². The fourth-order valence-electron chi connectivity index (χ4n) is 2.24. The molecule has 2 amide bonds. The Morgan fingerprint density at radius 3 is 2.56 bits per heavy atom. The van der Waals surface area contributed by atoms with Gasteiger partial charge in [0.1, 0.15) is 10.6 Å². The number of thiophene rings is 1. The Morgan fingerprint density at radius 2 is 1.80 bits per heavy atom. The molecular weight excluding hydrogens is 360 g/mol. The molecule has 0 saturated carbocycles. The maximum atomic E-state index is 12.2. The molecule has 128 valence electrons. The monoisotopic (exact) mass is 374 g/mol. The van der Waals surface area contributed by atoms with Gasteiger partial charge in [-0.15, -0.1) is 11.3 Å². The summed E-state index contributed by atoms with van der Waals surface area (Å²) in [7, 11) is 0. The molecule has 0 fully saturated rings. The summed E-state index contributed by atoms with van der Waals surface area (Å²) in [5.41, 5.74) is 5.61. The van der Waals surface area contributed by atoms with Gasteiger partial charge >= 0.3 is 0 Å². The molecule has 0 aliphatic heterocycles. The molecule has 0 atom stereocenters. The van der Waals surface area contributed by atoms with E-state index in [2.05, 4.69) is 10.9 Å². The van der Waals surface area contributed by atoms with Crippen molar-refractivity contribution in [3.8, 4) is 5.75 Å². The zero-order valence-electron chi connectivity index (χ0n) is 13.3. The molecule has 0 saturated heterocycles.